The number of amides is 1. The van der Waals surface area contributed by atoms with Crippen LogP contribution in [0.25, 0.3) is 0 Å². The summed E-state index contributed by atoms with van der Waals surface area (Å²) in [6.45, 7) is 0.757. The zero-order valence-corrected chi connectivity index (χ0v) is 14.3. The van der Waals surface area contributed by atoms with Crippen LogP contribution in [0.5, 0.6) is 0 Å². The number of nitrogens with zero attached hydrogens (tertiary/aromatic N) is 2. The number of hydrogen-bond acceptors (Lipinski definition) is 2. The quantitative estimate of drug-likeness (QED) is 0.779. The molecule has 1 aromatic carbocycles. The number of aryl methyl sites for hydroxylation is 1. The first-order valence-electron chi connectivity index (χ1n) is 6.92. The van der Waals surface area contributed by atoms with E-state index >= 15 is 0 Å². The summed E-state index contributed by atoms with van der Waals surface area (Å²) >= 11 is 8.10. The number of aromatic nitrogens is 2. The third kappa shape index (κ3) is 3.23. The maximum atomic E-state index is 12.5. The molecule has 0 bridgehead atoms. The molecule has 1 N–H and O–H groups in total. The Labute approximate surface area is 142 Å². The van der Waals surface area contributed by atoms with E-state index in [1.54, 1.807) is 0 Å². The fourth-order valence-electron chi connectivity index (χ4n) is 2.58. The molecule has 21 heavy (non-hydrogen) atoms. The molecule has 6 heteroatoms. The molecule has 1 aromatic heterocycles. The van der Waals surface area contributed by atoms with Gasteiger partial charge >= 0.3 is 0 Å². The van der Waals surface area contributed by atoms with Crippen LogP contribution in [0.2, 0.25) is 5.02 Å². The average molecular weight is 416 g/mol. The van der Waals surface area contributed by atoms with Crippen molar-refractivity contribution in [3.8, 4) is 0 Å². The lowest BCUT2D eigenvalue weighted by molar-refractivity contribution is -0.118. The molecule has 2 aromatic rings. The molecule has 2 heterocycles. The van der Waals surface area contributed by atoms with Crippen molar-refractivity contribution in [3.05, 3.63) is 44.1 Å². The van der Waals surface area contributed by atoms with Crippen LogP contribution in [0.4, 0.5) is 5.82 Å². The Hall–Kier alpha value is -1.08. The smallest absolute Gasteiger partial charge is 0.228 e. The molecular formula is C15H15ClIN3O. The summed E-state index contributed by atoms with van der Waals surface area (Å²) in [4.78, 5) is 14.3. The highest BCUT2D eigenvalue weighted by Gasteiger charge is 2.26. The lowest BCUT2D eigenvalue weighted by Gasteiger charge is -2.25. The minimum atomic E-state index is 0.133. The van der Waals surface area contributed by atoms with Crippen molar-refractivity contribution in [2.24, 2.45) is 0 Å². The predicted molar refractivity (Wildman–Crippen MR) is 91.8 cm³/mol. The summed E-state index contributed by atoms with van der Waals surface area (Å²) in [6, 6.07) is 7.65. The number of H-pyrrole nitrogens is 1. The van der Waals surface area contributed by atoms with Gasteiger partial charge in [-0.05, 0) is 59.5 Å². The molecule has 0 fully saturated rings. The van der Waals surface area contributed by atoms with Gasteiger partial charge in [0.05, 0.1) is 0 Å². The molecule has 0 radical (unpaired) electrons. The number of hydrogen-bond donors (Lipinski definition) is 1. The van der Waals surface area contributed by atoms with E-state index in [1.165, 1.54) is 5.56 Å². The lowest BCUT2D eigenvalue weighted by Crippen LogP contribution is -2.35. The third-order valence-corrected chi connectivity index (χ3v) is 4.85. The molecule has 0 saturated carbocycles. The number of nitrogens with one attached hydrogen (secondary N) is 1. The van der Waals surface area contributed by atoms with Crippen molar-refractivity contribution in [2.45, 2.75) is 25.7 Å². The molecule has 4 nitrogen and oxygen atoms in total. The molecular weight excluding hydrogens is 401 g/mol. The van der Waals surface area contributed by atoms with Gasteiger partial charge in [-0.25, -0.2) is 0 Å². The first kappa shape index (κ1) is 14.8. The maximum absolute atomic E-state index is 12.5. The molecule has 0 atom stereocenters. The van der Waals surface area contributed by atoms with Gasteiger partial charge in [-0.1, -0.05) is 23.7 Å². The first-order valence-corrected chi connectivity index (χ1v) is 8.38. The third-order valence-electron chi connectivity index (χ3n) is 3.70. The van der Waals surface area contributed by atoms with E-state index in [0.717, 1.165) is 45.9 Å². The van der Waals surface area contributed by atoms with Gasteiger partial charge in [-0.15, -0.1) is 0 Å². The lowest BCUT2D eigenvalue weighted by atomic mass is 10.1. The fourth-order valence-corrected chi connectivity index (χ4v) is 3.34. The second kappa shape index (κ2) is 6.36. The number of carbonyl (C=O) groups is 1. The number of anilines is 1. The summed E-state index contributed by atoms with van der Waals surface area (Å²) in [5.74, 6) is 0.945. The number of benzene rings is 1. The molecule has 0 spiro atoms. The van der Waals surface area contributed by atoms with Gasteiger partial charge in [0.2, 0.25) is 5.91 Å². The minimum absolute atomic E-state index is 0.133. The van der Waals surface area contributed by atoms with E-state index < -0.39 is 0 Å². The summed E-state index contributed by atoms with van der Waals surface area (Å²) in [6.07, 6.45) is 3.20. The monoisotopic (exact) mass is 415 g/mol. The molecule has 3 rings (SSSR count). The highest BCUT2D eigenvalue weighted by molar-refractivity contribution is 14.1. The summed E-state index contributed by atoms with van der Waals surface area (Å²) < 4.78 is 1.04. The summed E-state index contributed by atoms with van der Waals surface area (Å²) in [7, 11) is 0. The molecule has 0 unspecified atom stereocenters. The van der Waals surface area contributed by atoms with Crippen LogP contribution in [0.1, 0.15) is 24.0 Å². The Bertz CT molecular complexity index is 653. The standard InChI is InChI=1S/C15H15ClIN3O/c16-11-6-3-10(4-7-11)5-8-13(21)20-9-1-2-12-14(17)18-19-15(12)20/h3-4,6-7H,1-2,5,8-9H2,(H,18,19). The van der Waals surface area contributed by atoms with Crippen molar-refractivity contribution in [3.63, 3.8) is 0 Å². The van der Waals surface area contributed by atoms with Crippen molar-refractivity contribution in [2.75, 3.05) is 11.4 Å². The van der Waals surface area contributed by atoms with Gasteiger partial charge in [0.15, 0.2) is 5.82 Å². The van der Waals surface area contributed by atoms with E-state index in [2.05, 4.69) is 32.8 Å². The number of aromatic amines is 1. The fraction of sp³-hybridized carbons (Fsp3) is 0.333. The zero-order chi connectivity index (χ0) is 14.8. The van der Waals surface area contributed by atoms with Crippen molar-refractivity contribution < 1.29 is 4.79 Å². The SMILES string of the molecule is O=C(CCc1ccc(Cl)cc1)N1CCCc2c1n[nH]c2I. The molecule has 0 saturated heterocycles. The van der Waals surface area contributed by atoms with Crippen LogP contribution >= 0.6 is 34.2 Å². The Morgan fingerprint density at radius 3 is 2.90 bits per heavy atom. The maximum Gasteiger partial charge on any atom is 0.228 e. The summed E-state index contributed by atoms with van der Waals surface area (Å²) in [5, 5.41) is 7.97. The normalized spacial score (nSPS) is 14.1. The Morgan fingerprint density at radius 2 is 2.14 bits per heavy atom. The molecule has 0 aliphatic carbocycles. The minimum Gasteiger partial charge on any atom is -0.295 e. The average Bonchev–Trinajstić information content (AvgIpc) is 2.88. The predicted octanol–water partition coefficient (Wildman–Crippen LogP) is 3.58. The van der Waals surface area contributed by atoms with E-state index in [-0.39, 0.29) is 5.91 Å². The molecule has 1 aliphatic heterocycles. The van der Waals surface area contributed by atoms with Gasteiger partial charge in [0.25, 0.3) is 0 Å². The first-order chi connectivity index (χ1) is 10.1. The Kier molecular flexibility index (Phi) is 4.49. The van der Waals surface area contributed by atoms with Gasteiger partial charge in [0, 0.05) is 23.6 Å². The molecule has 110 valence electrons. The Balaban J connectivity index is 1.67. The van der Waals surface area contributed by atoms with E-state index in [4.69, 9.17) is 11.6 Å². The molecule has 1 aliphatic rings. The van der Waals surface area contributed by atoms with Gasteiger partial charge in [-0.3, -0.25) is 14.8 Å². The second-order valence-corrected chi connectivity index (χ2v) is 6.63. The van der Waals surface area contributed by atoms with Crippen LogP contribution < -0.4 is 4.90 Å². The van der Waals surface area contributed by atoms with Crippen molar-refractivity contribution in [1.29, 1.82) is 0 Å². The number of rotatable bonds is 3. The highest BCUT2D eigenvalue weighted by atomic mass is 127. The van der Waals surface area contributed by atoms with Gasteiger partial charge < -0.3 is 0 Å². The van der Waals surface area contributed by atoms with E-state index in [9.17, 15) is 4.79 Å². The van der Waals surface area contributed by atoms with Crippen LogP contribution in [-0.4, -0.2) is 22.6 Å². The van der Waals surface area contributed by atoms with Crippen LogP contribution in [-0.2, 0) is 17.6 Å². The zero-order valence-electron chi connectivity index (χ0n) is 11.4. The highest BCUT2D eigenvalue weighted by Crippen LogP contribution is 2.28. The Morgan fingerprint density at radius 1 is 1.38 bits per heavy atom. The number of fused-ring (bicyclic) bond motifs is 1. The largest absolute Gasteiger partial charge is 0.295 e. The van der Waals surface area contributed by atoms with Gasteiger partial charge in [0.1, 0.15) is 3.70 Å². The van der Waals surface area contributed by atoms with E-state index in [0.29, 0.717) is 6.42 Å². The second-order valence-electron chi connectivity index (χ2n) is 5.12. The van der Waals surface area contributed by atoms with Crippen molar-refractivity contribution in [1.82, 2.24) is 10.2 Å². The van der Waals surface area contributed by atoms with Crippen LogP contribution in [0.15, 0.2) is 24.3 Å². The van der Waals surface area contributed by atoms with E-state index in [1.807, 2.05) is 29.2 Å². The van der Waals surface area contributed by atoms with Crippen molar-refractivity contribution >= 4 is 45.9 Å². The van der Waals surface area contributed by atoms with Gasteiger partial charge in [-0.2, -0.15) is 5.10 Å². The summed E-state index contributed by atoms with van der Waals surface area (Å²) in [5.41, 5.74) is 2.29. The van der Waals surface area contributed by atoms with Crippen LogP contribution in [0, 0.1) is 3.70 Å². The topological polar surface area (TPSA) is 49.0 Å². The van der Waals surface area contributed by atoms with Crippen LogP contribution in [0.3, 0.4) is 0 Å². The molecule has 1 amide bonds. The number of halogens is 2. The number of carbonyl (C=O) groups excluding carboxylic acids is 1.